The van der Waals surface area contributed by atoms with Crippen LogP contribution in [0.15, 0.2) is 24.3 Å². The van der Waals surface area contributed by atoms with Crippen molar-refractivity contribution >= 4 is 5.69 Å². The van der Waals surface area contributed by atoms with Gasteiger partial charge in [-0.15, -0.1) is 5.10 Å². The molecule has 2 atom stereocenters. The zero-order chi connectivity index (χ0) is 21.8. The average molecular weight is 438 g/mol. The van der Waals surface area contributed by atoms with Gasteiger partial charge in [-0.25, -0.2) is 4.68 Å². The molecule has 3 heterocycles. The van der Waals surface area contributed by atoms with Crippen molar-refractivity contribution in [2.45, 2.75) is 57.5 Å². The average Bonchev–Trinajstić information content (AvgIpc) is 3.44. The van der Waals surface area contributed by atoms with Crippen LogP contribution in [0.4, 0.5) is 18.9 Å². The molecule has 4 rings (SSSR count). The van der Waals surface area contributed by atoms with E-state index in [0.717, 1.165) is 57.3 Å². The Morgan fingerprint density at radius 1 is 1.19 bits per heavy atom. The van der Waals surface area contributed by atoms with Gasteiger partial charge in [0, 0.05) is 38.5 Å². The zero-order valence-electron chi connectivity index (χ0n) is 17.8. The van der Waals surface area contributed by atoms with E-state index in [1.165, 1.54) is 12.1 Å². The number of tetrazole rings is 1. The van der Waals surface area contributed by atoms with Crippen molar-refractivity contribution in [1.82, 2.24) is 25.1 Å². The predicted molar refractivity (Wildman–Crippen MR) is 110 cm³/mol. The number of aromatic nitrogens is 4. The number of rotatable bonds is 7. The van der Waals surface area contributed by atoms with Crippen LogP contribution in [0, 0.1) is 0 Å². The lowest BCUT2D eigenvalue weighted by atomic mass is 10.1. The quantitative estimate of drug-likeness (QED) is 0.659. The predicted octanol–water partition coefficient (Wildman–Crippen LogP) is 3.53. The number of ether oxygens (including phenoxy) is 1. The van der Waals surface area contributed by atoms with Crippen LogP contribution in [-0.4, -0.2) is 64.0 Å². The van der Waals surface area contributed by atoms with Gasteiger partial charge in [-0.2, -0.15) is 13.2 Å². The third kappa shape index (κ3) is 5.17. The molecule has 0 amide bonds. The summed E-state index contributed by atoms with van der Waals surface area (Å²) in [5, 5.41) is 12.5. The molecule has 2 saturated heterocycles. The van der Waals surface area contributed by atoms with E-state index < -0.39 is 11.7 Å². The van der Waals surface area contributed by atoms with Crippen molar-refractivity contribution in [2.24, 2.45) is 0 Å². The van der Waals surface area contributed by atoms with E-state index in [-0.39, 0.29) is 12.1 Å². The molecule has 2 aliphatic heterocycles. The molecule has 0 bridgehead atoms. The van der Waals surface area contributed by atoms with Gasteiger partial charge in [0.1, 0.15) is 0 Å². The Bertz CT molecular complexity index is 844. The fourth-order valence-electron chi connectivity index (χ4n) is 4.48. The van der Waals surface area contributed by atoms with Crippen LogP contribution in [0.5, 0.6) is 0 Å². The van der Waals surface area contributed by atoms with E-state index in [4.69, 9.17) is 4.74 Å². The largest absolute Gasteiger partial charge is 0.416 e. The van der Waals surface area contributed by atoms with Crippen LogP contribution >= 0.6 is 0 Å². The number of alkyl halides is 3. The van der Waals surface area contributed by atoms with Crippen molar-refractivity contribution in [3.8, 4) is 0 Å². The van der Waals surface area contributed by atoms with Crippen molar-refractivity contribution < 1.29 is 17.9 Å². The summed E-state index contributed by atoms with van der Waals surface area (Å²) in [5.74, 6) is 0.852. The maximum absolute atomic E-state index is 13.1. The summed E-state index contributed by atoms with van der Waals surface area (Å²) < 4.78 is 46.8. The number of hydrogen-bond donors (Lipinski definition) is 0. The van der Waals surface area contributed by atoms with Crippen LogP contribution in [0.3, 0.4) is 0 Å². The highest BCUT2D eigenvalue weighted by Gasteiger charge is 2.32. The molecular weight excluding hydrogens is 409 g/mol. The van der Waals surface area contributed by atoms with Gasteiger partial charge in [0.2, 0.25) is 0 Å². The molecule has 2 aliphatic rings. The van der Waals surface area contributed by atoms with Crippen LogP contribution < -0.4 is 4.90 Å². The second kappa shape index (κ2) is 9.52. The Labute approximate surface area is 180 Å². The van der Waals surface area contributed by atoms with Gasteiger partial charge in [0.05, 0.1) is 24.3 Å². The molecule has 2 fully saturated rings. The fraction of sp³-hybridized carbons (Fsp3) is 0.667. The summed E-state index contributed by atoms with van der Waals surface area (Å²) in [7, 11) is 0. The molecule has 0 aliphatic carbocycles. The lowest BCUT2D eigenvalue weighted by molar-refractivity contribution is -0.137. The molecule has 31 heavy (non-hydrogen) atoms. The second-order valence-electron chi connectivity index (χ2n) is 8.23. The summed E-state index contributed by atoms with van der Waals surface area (Å²) in [6.07, 6.45) is -0.168. The van der Waals surface area contributed by atoms with Crippen LogP contribution in [0.2, 0.25) is 0 Å². The lowest BCUT2D eigenvalue weighted by Gasteiger charge is -2.40. The summed E-state index contributed by atoms with van der Waals surface area (Å²) in [4.78, 5) is 4.37. The number of anilines is 1. The zero-order valence-corrected chi connectivity index (χ0v) is 17.8. The van der Waals surface area contributed by atoms with E-state index in [2.05, 4.69) is 27.3 Å². The first-order chi connectivity index (χ1) is 15.0. The van der Waals surface area contributed by atoms with Gasteiger partial charge in [0.25, 0.3) is 0 Å². The molecular formula is C21H29F3N6O. The van der Waals surface area contributed by atoms with E-state index in [0.29, 0.717) is 25.3 Å². The van der Waals surface area contributed by atoms with E-state index in [1.807, 2.05) is 9.58 Å². The van der Waals surface area contributed by atoms with Crippen molar-refractivity contribution in [3.63, 3.8) is 0 Å². The van der Waals surface area contributed by atoms with Gasteiger partial charge in [-0.05, 0) is 47.9 Å². The first-order valence-electron chi connectivity index (χ1n) is 11.0. The molecule has 0 radical (unpaired) electrons. The molecule has 0 N–H and O–H groups in total. The molecule has 1 aromatic carbocycles. The van der Waals surface area contributed by atoms with E-state index in [9.17, 15) is 13.2 Å². The minimum Gasteiger partial charge on any atom is -0.376 e. The normalized spacial score (nSPS) is 21.5. The maximum Gasteiger partial charge on any atom is 0.416 e. The Kier molecular flexibility index (Phi) is 6.76. The minimum atomic E-state index is -4.33. The van der Waals surface area contributed by atoms with Gasteiger partial charge < -0.3 is 9.64 Å². The Morgan fingerprint density at radius 3 is 2.68 bits per heavy atom. The molecule has 0 unspecified atom stereocenters. The number of halogens is 3. The molecule has 10 heteroatoms. The van der Waals surface area contributed by atoms with Crippen molar-refractivity contribution in [3.05, 3.63) is 35.7 Å². The Hall–Kier alpha value is -2.20. The lowest BCUT2D eigenvalue weighted by Crippen LogP contribution is -2.48. The molecule has 1 aromatic heterocycles. The summed E-state index contributed by atoms with van der Waals surface area (Å²) >= 11 is 0. The molecule has 2 aromatic rings. The van der Waals surface area contributed by atoms with Gasteiger partial charge in [-0.1, -0.05) is 19.4 Å². The van der Waals surface area contributed by atoms with Crippen LogP contribution in [0.1, 0.15) is 50.0 Å². The molecule has 7 nitrogen and oxygen atoms in total. The monoisotopic (exact) mass is 438 g/mol. The highest BCUT2D eigenvalue weighted by Crippen LogP contribution is 2.33. The summed E-state index contributed by atoms with van der Waals surface area (Å²) in [5.41, 5.74) is 0.00864. The molecule has 170 valence electrons. The van der Waals surface area contributed by atoms with Gasteiger partial charge in [-0.3, -0.25) is 4.90 Å². The smallest absolute Gasteiger partial charge is 0.376 e. The minimum absolute atomic E-state index is 0.0880. The summed E-state index contributed by atoms with van der Waals surface area (Å²) in [6.45, 7) is 6.40. The topological polar surface area (TPSA) is 59.3 Å². The Morgan fingerprint density at radius 2 is 2.00 bits per heavy atom. The first kappa shape index (κ1) is 22.0. The third-order valence-corrected chi connectivity index (χ3v) is 6.11. The van der Waals surface area contributed by atoms with Crippen molar-refractivity contribution in [1.29, 1.82) is 0 Å². The number of hydrogen-bond acceptors (Lipinski definition) is 6. The first-order valence-corrected chi connectivity index (χ1v) is 11.0. The van der Waals surface area contributed by atoms with E-state index >= 15 is 0 Å². The van der Waals surface area contributed by atoms with Gasteiger partial charge >= 0.3 is 6.18 Å². The van der Waals surface area contributed by atoms with Crippen LogP contribution in [-0.2, 0) is 17.5 Å². The second-order valence-corrected chi connectivity index (χ2v) is 8.23. The maximum atomic E-state index is 13.1. The highest BCUT2D eigenvalue weighted by atomic mass is 19.4. The SMILES string of the molecule is CCC[C@H](c1nnnn1C[C@@H]1CCCO1)N1CCN(c2cccc(C(F)(F)F)c2)CC1. The molecule has 0 spiro atoms. The summed E-state index contributed by atoms with van der Waals surface area (Å²) in [6, 6.07) is 5.66. The Balaban J connectivity index is 1.43. The standard InChI is InChI=1S/C21H29F3N6O/c1-2-5-19(20-25-26-27-30(20)15-18-8-4-13-31-18)29-11-9-28(10-12-29)17-7-3-6-16(14-17)21(22,23)24/h3,6-7,14,18-19H,2,4-5,8-13,15H2,1H3/t18-,19+/m0/s1. The number of nitrogens with zero attached hydrogens (tertiary/aromatic N) is 6. The van der Waals surface area contributed by atoms with Gasteiger partial charge in [0.15, 0.2) is 5.82 Å². The van der Waals surface area contributed by atoms with E-state index in [1.54, 1.807) is 6.07 Å². The van der Waals surface area contributed by atoms with Crippen LogP contribution in [0.25, 0.3) is 0 Å². The number of piperazine rings is 1. The fourth-order valence-corrected chi connectivity index (χ4v) is 4.48. The number of benzene rings is 1. The van der Waals surface area contributed by atoms with Crippen molar-refractivity contribution in [2.75, 3.05) is 37.7 Å². The molecule has 0 saturated carbocycles. The third-order valence-electron chi connectivity index (χ3n) is 6.11. The highest BCUT2D eigenvalue weighted by molar-refractivity contribution is 5.49.